The molecule has 6 nitrogen and oxygen atoms in total. The highest BCUT2D eigenvalue weighted by Gasteiger charge is 2.13. The molecule has 0 aliphatic rings. The van der Waals surface area contributed by atoms with Gasteiger partial charge in [-0.2, -0.15) is 0 Å². The number of rotatable bonds is 6. The van der Waals surface area contributed by atoms with Crippen molar-refractivity contribution in [2.75, 3.05) is 5.32 Å². The summed E-state index contributed by atoms with van der Waals surface area (Å²) in [5, 5.41) is 13.3. The van der Waals surface area contributed by atoms with Crippen molar-refractivity contribution in [1.29, 1.82) is 0 Å². The van der Waals surface area contributed by atoms with Crippen molar-refractivity contribution in [2.24, 2.45) is 0 Å². The molecular formula is C17H15ClN2O4. The molecule has 2 rings (SSSR count). The highest BCUT2D eigenvalue weighted by atomic mass is 35.5. The number of nitrogens with one attached hydrogen (secondary N) is 1. The lowest BCUT2D eigenvalue weighted by Crippen LogP contribution is -2.14. The van der Waals surface area contributed by atoms with Gasteiger partial charge in [-0.3, -0.25) is 19.7 Å². The number of benzene rings is 2. The Labute approximate surface area is 143 Å². The fraction of sp³-hybridized carbons (Fsp3) is 0.176. The number of anilines is 1. The fourth-order valence-corrected chi connectivity index (χ4v) is 2.26. The van der Waals surface area contributed by atoms with E-state index in [9.17, 15) is 19.7 Å². The molecule has 0 saturated carbocycles. The molecule has 0 spiro atoms. The Balaban J connectivity index is 1.92. The number of amides is 1. The number of carbonyl (C=O) groups is 2. The summed E-state index contributed by atoms with van der Waals surface area (Å²) >= 11 is 5.90. The van der Waals surface area contributed by atoms with Crippen molar-refractivity contribution in [2.45, 2.75) is 19.8 Å². The molecule has 0 radical (unpaired) electrons. The molecule has 124 valence electrons. The Morgan fingerprint density at radius 3 is 2.38 bits per heavy atom. The van der Waals surface area contributed by atoms with E-state index in [4.69, 9.17) is 11.6 Å². The minimum Gasteiger partial charge on any atom is -0.325 e. The van der Waals surface area contributed by atoms with E-state index < -0.39 is 4.92 Å². The number of ketones is 1. The van der Waals surface area contributed by atoms with Gasteiger partial charge in [0.25, 0.3) is 5.69 Å². The Kier molecular flexibility index (Phi) is 5.65. The maximum atomic E-state index is 12.0. The van der Waals surface area contributed by atoms with E-state index in [0.29, 0.717) is 5.56 Å². The number of nitro benzene ring substituents is 1. The van der Waals surface area contributed by atoms with Gasteiger partial charge in [0.2, 0.25) is 5.91 Å². The first-order valence-corrected chi connectivity index (χ1v) is 7.58. The monoisotopic (exact) mass is 346 g/mol. The molecular weight excluding hydrogens is 332 g/mol. The van der Waals surface area contributed by atoms with E-state index in [2.05, 4.69) is 5.32 Å². The highest BCUT2D eigenvalue weighted by Crippen LogP contribution is 2.26. The minimum atomic E-state index is -0.572. The molecule has 0 aromatic heterocycles. The van der Waals surface area contributed by atoms with Gasteiger partial charge >= 0.3 is 0 Å². The van der Waals surface area contributed by atoms with Gasteiger partial charge in [0.15, 0.2) is 5.78 Å². The van der Waals surface area contributed by atoms with Crippen molar-refractivity contribution >= 4 is 34.7 Å². The van der Waals surface area contributed by atoms with Crippen molar-refractivity contribution in [1.82, 2.24) is 0 Å². The number of hydrogen-bond donors (Lipinski definition) is 1. The molecule has 0 aliphatic carbocycles. The average molecular weight is 347 g/mol. The smallest absolute Gasteiger partial charge is 0.271 e. The quantitative estimate of drug-likeness (QED) is 0.483. The molecule has 24 heavy (non-hydrogen) atoms. The fourth-order valence-electron chi connectivity index (χ4n) is 2.04. The van der Waals surface area contributed by atoms with Crippen LogP contribution in [0.1, 0.15) is 28.8 Å². The number of aryl methyl sites for hydroxylation is 1. The first kappa shape index (κ1) is 17.6. The van der Waals surface area contributed by atoms with Crippen molar-refractivity contribution < 1.29 is 14.5 Å². The molecule has 1 N–H and O–H groups in total. The van der Waals surface area contributed by atoms with Gasteiger partial charge in [0.1, 0.15) is 0 Å². The van der Waals surface area contributed by atoms with Crippen molar-refractivity contribution in [3.63, 3.8) is 0 Å². The molecule has 0 bridgehead atoms. The van der Waals surface area contributed by atoms with Crippen LogP contribution in [-0.2, 0) is 4.79 Å². The van der Waals surface area contributed by atoms with Crippen molar-refractivity contribution in [3.05, 3.63) is 68.7 Å². The van der Waals surface area contributed by atoms with Crippen LogP contribution in [0.25, 0.3) is 0 Å². The summed E-state index contributed by atoms with van der Waals surface area (Å²) in [4.78, 5) is 34.0. The largest absolute Gasteiger partial charge is 0.325 e. The maximum Gasteiger partial charge on any atom is 0.271 e. The Hall–Kier alpha value is -2.73. The second kappa shape index (κ2) is 7.70. The van der Waals surface area contributed by atoms with Gasteiger partial charge in [-0.1, -0.05) is 41.4 Å². The van der Waals surface area contributed by atoms with Crippen LogP contribution in [0.15, 0.2) is 42.5 Å². The summed E-state index contributed by atoms with van der Waals surface area (Å²) in [6.45, 7) is 1.93. The van der Waals surface area contributed by atoms with Crippen LogP contribution in [0, 0.1) is 17.0 Å². The van der Waals surface area contributed by atoms with Crippen LogP contribution in [0.3, 0.4) is 0 Å². The van der Waals surface area contributed by atoms with Crippen LogP contribution in [-0.4, -0.2) is 16.6 Å². The molecule has 0 saturated heterocycles. The predicted molar refractivity (Wildman–Crippen MR) is 91.5 cm³/mol. The maximum absolute atomic E-state index is 12.0. The second-order valence-electron chi connectivity index (χ2n) is 5.26. The second-order valence-corrected chi connectivity index (χ2v) is 5.67. The third-order valence-electron chi connectivity index (χ3n) is 3.39. The topological polar surface area (TPSA) is 89.3 Å². The van der Waals surface area contributed by atoms with Gasteiger partial charge in [-0.15, -0.1) is 0 Å². The Morgan fingerprint density at radius 2 is 1.79 bits per heavy atom. The molecule has 0 atom stereocenters. The third kappa shape index (κ3) is 4.63. The normalized spacial score (nSPS) is 10.2. The highest BCUT2D eigenvalue weighted by molar-refractivity contribution is 6.34. The molecule has 0 unspecified atom stereocenters. The van der Waals surface area contributed by atoms with Crippen LogP contribution in [0.5, 0.6) is 0 Å². The SMILES string of the molecule is Cc1ccc(C(=O)CCC(=O)Nc2ccc([N+](=O)[O-])cc2Cl)cc1. The Morgan fingerprint density at radius 1 is 1.12 bits per heavy atom. The first-order chi connectivity index (χ1) is 11.4. The molecule has 0 heterocycles. The summed E-state index contributed by atoms with van der Waals surface area (Å²) in [7, 11) is 0. The summed E-state index contributed by atoms with van der Waals surface area (Å²) in [5.41, 5.74) is 1.72. The standard InChI is InChI=1S/C17H15ClN2O4/c1-11-2-4-12(5-3-11)16(21)8-9-17(22)19-15-7-6-13(20(23)24)10-14(15)18/h2-7,10H,8-9H2,1H3,(H,19,22). The predicted octanol–water partition coefficient (Wildman–Crippen LogP) is 4.16. The number of non-ortho nitro benzene ring substituents is 1. The third-order valence-corrected chi connectivity index (χ3v) is 3.70. The molecule has 2 aromatic carbocycles. The van der Waals surface area contributed by atoms with E-state index in [1.165, 1.54) is 12.1 Å². The van der Waals surface area contributed by atoms with E-state index in [0.717, 1.165) is 11.6 Å². The lowest BCUT2D eigenvalue weighted by molar-refractivity contribution is -0.384. The van der Waals surface area contributed by atoms with Gasteiger partial charge in [0.05, 0.1) is 15.6 Å². The summed E-state index contributed by atoms with van der Waals surface area (Å²) < 4.78 is 0. The minimum absolute atomic E-state index is 0.0000260. The number of halogens is 1. The summed E-state index contributed by atoms with van der Waals surface area (Å²) in [6, 6.07) is 10.9. The molecule has 2 aromatic rings. The zero-order valence-electron chi connectivity index (χ0n) is 12.9. The van der Waals surface area contributed by atoms with Gasteiger partial charge < -0.3 is 5.32 Å². The summed E-state index contributed by atoms with van der Waals surface area (Å²) in [5.74, 6) is -0.508. The first-order valence-electron chi connectivity index (χ1n) is 7.20. The van der Waals surface area contributed by atoms with Gasteiger partial charge in [-0.05, 0) is 13.0 Å². The van der Waals surface area contributed by atoms with Crippen LogP contribution in [0.4, 0.5) is 11.4 Å². The number of Topliss-reactive ketones (excluding diaryl/α,β-unsaturated/α-hetero) is 1. The molecule has 0 fully saturated rings. The number of carbonyl (C=O) groups excluding carboxylic acids is 2. The van der Waals surface area contributed by atoms with Gasteiger partial charge in [0, 0.05) is 30.5 Å². The zero-order chi connectivity index (χ0) is 17.7. The summed E-state index contributed by atoms with van der Waals surface area (Å²) in [6.07, 6.45) is 0.0690. The van der Waals surface area contributed by atoms with Crippen LogP contribution >= 0.6 is 11.6 Å². The van der Waals surface area contributed by atoms with Crippen LogP contribution in [0.2, 0.25) is 5.02 Å². The molecule has 7 heteroatoms. The molecule has 0 aliphatic heterocycles. The van der Waals surface area contributed by atoms with Gasteiger partial charge in [-0.25, -0.2) is 0 Å². The zero-order valence-corrected chi connectivity index (χ0v) is 13.7. The number of nitro groups is 1. The average Bonchev–Trinajstić information content (AvgIpc) is 2.55. The van der Waals surface area contributed by atoms with Crippen LogP contribution < -0.4 is 5.32 Å². The van der Waals surface area contributed by atoms with E-state index >= 15 is 0 Å². The van der Waals surface area contributed by atoms with Crippen molar-refractivity contribution in [3.8, 4) is 0 Å². The number of nitrogens with zero attached hydrogens (tertiary/aromatic N) is 1. The molecule has 1 amide bonds. The van der Waals surface area contributed by atoms with E-state index in [1.54, 1.807) is 12.1 Å². The van der Waals surface area contributed by atoms with E-state index in [1.807, 2.05) is 19.1 Å². The van der Waals surface area contributed by atoms with E-state index in [-0.39, 0.29) is 40.9 Å². The number of hydrogen-bond acceptors (Lipinski definition) is 4. The lowest BCUT2D eigenvalue weighted by atomic mass is 10.0. The Bertz CT molecular complexity index is 788. The lowest BCUT2D eigenvalue weighted by Gasteiger charge is -2.07.